The highest BCUT2D eigenvalue weighted by molar-refractivity contribution is 5.91. The van der Waals surface area contributed by atoms with Crippen molar-refractivity contribution in [1.29, 1.82) is 0 Å². The molecular formula is C20H26N4O2. The molecule has 1 aromatic carbocycles. The number of hydrogen-bond donors (Lipinski definition) is 1. The van der Waals surface area contributed by atoms with Crippen LogP contribution in [0.3, 0.4) is 0 Å². The number of carbonyl (C=O) groups excluding carboxylic acids is 1. The Morgan fingerprint density at radius 1 is 1.31 bits per heavy atom. The van der Waals surface area contributed by atoms with Gasteiger partial charge in [-0.15, -0.1) is 0 Å². The van der Waals surface area contributed by atoms with E-state index < -0.39 is 0 Å². The maximum absolute atomic E-state index is 12.8. The first-order chi connectivity index (χ1) is 12.7. The summed E-state index contributed by atoms with van der Waals surface area (Å²) in [6.07, 6.45) is 8.72. The number of carbonyl (C=O) groups is 1. The number of imidazole rings is 1. The lowest BCUT2D eigenvalue weighted by Gasteiger charge is -2.32. The first kappa shape index (κ1) is 16.9. The fraction of sp³-hybridized carbons (Fsp3) is 0.500. The Labute approximate surface area is 154 Å². The summed E-state index contributed by atoms with van der Waals surface area (Å²) in [6, 6.07) is 7.43. The van der Waals surface area contributed by atoms with Crippen molar-refractivity contribution < 1.29 is 9.53 Å². The SMILES string of the molecule is COc1ccccc1NC(=O)N1CCC[C@H](c2nccn2CC2CC2)C1. The highest BCUT2D eigenvalue weighted by Crippen LogP contribution is 2.33. The summed E-state index contributed by atoms with van der Waals surface area (Å²) in [4.78, 5) is 19.3. The molecule has 1 aliphatic heterocycles. The van der Waals surface area contributed by atoms with Crippen LogP contribution in [-0.2, 0) is 6.54 Å². The maximum atomic E-state index is 12.8. The normalized spacial score (nSPS) is 20.0. The number of rotatable bonds is 5. The summed E-state index contributed by atoms with van der Waals surface area (Å²) in [7, 11) is 1.61. The number of piperidine rings is 1. The van der Waals surface area contributed by atoms with Gasteiger partial charge in [0.15, 0.2) is 0 Å². The van der Waals surface area contributed by atoms with Gasteiger partial charge in [-0.25, -0.2) is 9.78 Å². The van der Waals surface area contributed by atoms with Crippen LogP contribution in [0.25, 0.3) is 0 Å². The minimum absolute atomic E-state index is 0.0699. The van der Waals surface area contributed by atoms with Crippen LogP contribution in [0.1, 0.15) is 37.4 Å². The fourth-order valence-electron chi connectivity index (χ4n) is 3.73. The molecule has 1 atom stereocenters. The number of hydrogen-bond acceptors (Lipinski definition) is 3. The van der Waals surface area contributed by atoms with E-state index in [-0.39, 0.29) is 6.03 Å². The average Bonchev–Trinajstić information content (AvgIpc) is 3.37. The van der Waals surface area contributed by atoms with Crippen molar-refractivity contribution in [1.82, 2.24) is 14.5 Å². The first-order valence-electron chi connectivity index (χ1n) is 9.44. The molecular weight excluding hydrogens is 328 g/mol. The second-order valence-corrected chi connectivity index (χ2v) is 7.30. The Hall–Kier alpha value is -2.50. The van der Waals surface area contributed by atoms with Crippen molar-refractivity contribution in [2.24, 2.45) is 5.92 Å². The largest absolute Gasteiger partial charge is 0.495 e. The van der Waals surface area contributed by atoms with Crippen molar-refractivity contribution >= 4 is 11.7 Å². The summed E-state index contributed by atoms with van der Waals surface area (Å²) in [5.41, 5.74) is 0.706. The van der Waals surface area contributed by atoms with E-state index in [1.807, 2.05) is 35.4 Å². The van der Waals surface area contributed by atoms with Crippen molar-refractivity contribution in [3.63, 3.8) is 0 Å². The molecule has 0 unspecified atom stereocenters. The molecule has 0 spiro atoms. The number of methoxy groups -OCH3 is 1. The molecule has 1 saturated carbocycles. The fourth-order valence-corrected chi connectivity index (χ4v) is 3.73. The number of nitrogens with zero attached hydrogens (tertiary/aromatic N) is 3. The lowest BCUT2D eigenvalue weighted by atomic mass is 9.97. The number of amides is 2. The Morgan fingerprint density at radius 2 is 2.15 bits per heavy atom. The van der Waals surface area contributed by atoms with Crippen LogP contribution in [-0.4, -0.2) is 40.7 Å². The van der Waals surface area contributed by atoms with Crippen LogP contribution in [0.2, 0.25) is 0 Å². The smallest absolute Gasteiger partial charge is 0.321 e. The van der Waals surface area contributed by atoms with Gasteiger partial charge in [-0.05, 0) is 43.7 Å². The van der Waals surface area contributed by atoms with Gasteiger partial charge < -0.3 is 19.5 Å². The number of urea groups is 1. The van der Waals surface area contributed by atoms with Crippen molar-refractivity contribution in [3.8, 4) is 5.75 Å². The van der Waals surface area contributed by atoms with Gasteiger partial charge in [-0.2, -0.15) is 0 Å². The quantitative estimate of drug-likeness (QED) is 0.890. The van der Waals surface area contributed by atoms with Crippen LogP contribution in [0.15, 0.2) is 36.7 Å². The molecule has 0 radical (unpaired) electrons. The summed E-state index contributed by atoms with van der Waals surface area (Å²) >= 11 is 0. The van der Waals surface area contributed by atoms with E-state index >= 15 is 0 Å². The number of benzene rings is 1. The van der Waals surface area contributed by atoms with Crippen LogP contribution in [0.4, 0.5) is 10.5 Å². The van der Waals surface area contributed by atoms with Gasteiger partial charge in [0.2, 0.25) is 0 Å². The third kappa shape index (κ3) is 3.69. The van der Waals surface area contributed by atoms with E-state index in [0.717, 1.165) is 37.7 Å². The molecule has 4 rings (SSSR count). The molecule has 2 aliphatic rings. The Balaban J connectivity index is 1.43. The average molecular weight is 354 g/mol. The lowest BCUT2D eigenvalue weighted by Crippen LogP contribution is -2.42. The standard InChI is InChI=1S/C20H26N4O2/c1-26-18-7-3-2-6-17(18)22-20(25)24-11-4-5-16(14-24)19-21-10-12-23(19)13-15-8-9-15/h2-3,6-7,10,12,15-16H,4-5,8-9,11,13-14H2,1H3,(H,22,25)/t16-/m0/s1. The van der Waals surface area contributed by atoms with Crippen molar-refractivity contribution in [2.75, 3.05) is 25.5 Å². The van der Waals surface area contributed by atoms with Gasteiger partial charge in [0.25, 0.3) is 0 Å². The van der Waals surface area contributed by atoms with E-state index in [4.69, 9.17) is 4.74 Å². The van der Waals surface area contributed by atoms with Gasteiger partial charge in [0.05, 0.1) is 12.8 Å². The molecule has 2 aromatic rings. The summed E-state index contributed by atoms with van der Waals surface area (Å²) in [5, 5.41) is 2.99. The van der Waals surface area contributed by atoms with E-state index in [9.17, 15) is 4.79 Å². The molecule has 1 N–H and O–H groups in total. The second-order valence-electron chi connectivity index (χ2n) is 7.30. The molecule has 2 fully saturated rings. The zero-order valence-corrected chi connectivity index (χ0v) is 15.2. The molecule has 138 valence electrons. The second kappa shape index (κ2) is 7.40. The third-order valence-corrected chi connectivity index (χ3v) is 5.32. The van der Waals surface area contributed by atoms with Crippen LogP contribution >= 0.6 is 0 Å². The number of likely N-dealkylation sites (tertiary alicyclic amines) is 1. The number of para-hydroxylation sites is 2. The molecule has 6 nitrogen and oxygen atoms in total. The number of aromatic nitrogens is 2. The molecule has 1 saturated heterocycles. The highest BCUT2D eigenvalue weighted by atomic mass is 16.5. The van der Waals surface area contributed by atoms with Crippen LogP contribution in [0.5, 0.6) is 5.75 Å². The topological polar surface area (TPSA) is 59.4 Å². The predicted octanol–water partition coefficient (Wildman–Crippen LogP) is 3.71. The minimum Gasteiger partial charge on any atom is -0.495 e. The van der Waals surface area contributed by atoms with Gasteiger partial charge >= 0.3 is 6.03 Å². The van der Waals surface area contributed by atoms with Gasteiger partial charge in [-0.3, -0.25) is 0 Å². The molecule has 1 aromatic heterocycles. The number of anilines is 1. The van der Waals surface area contributed by atoms with Crippen LogP contribution < -0.4 is 10.1 Å². The summed E-state index contributed by atoms with van der Waals surface area (Å²) in [6.45, 7) is 2.56. The zero-order chi connectivity index (χ0) is 17.9. The molecule has 2 amide bonds. The van der Waals surface area contributed by atoms with Crippen molar-refractivity contribution in [2.45, 2.75) is 38.1 Å². The molecule has 0 bridgehead atoms. The molecule has 6 heteroatoms. The lowest BCUT2D eigenvalue weighted by molar-refractivity contribution is 0.190. The van der Waals surface area contributed by atoms with Gasteiger partial charge in [-0.1, -0.05) is 12.1 Å². The summed E-state index contributed by atoms with van der Waals surface area (Å²) in [5.74, 6) is 2.93. The molecule has 1 aliphatic carbocycles. The van der Waals surface area contributed by atoms with E-state index in [1.54, 1.807) is 7.11 Å². The van der Waals surface area contributed by atoms with E-state index in [1.165, 1.54) is 12.8 Å². The van der Waals surface area contributed by atoms with Crippen molar-refractivity contribution in [3.05, 3.63) is 42.5 Å². The van der Waals surface area contributed by atoms with Crippen LogP contribution in [0, 0.1) is 5.92 Å². The zero-order valence-electron chi connectivity index (χ0n) is 15.2. The third-order valence-electron chi connectivity index (χ3n) is 5.32. The van der Waals surface area contributed by atoms with E-state index in [2.05, 4.69) is 21.1 Å². The predicted molar refractivity (Wildman–Crippen MR) is 101 cm³/mol. The monoisotopic (exact) mass is 354 g/mol. The number of nitrogens with one attached hydrogen (secondary N) is 1. The summed E-state index contributed by atoms with van der Waals surface area (Å²) < 4.78 is 7.62. The molecule has 26 heavy (non-hydrogen) atoms. The van der Waals surface area contributed by atoms with Gasteiger partial charge in [0.1, 0.15) is 11.6 Å². The Bertz CT molecular complexity index is 769. The minimum atomic E-state index is -0.0699. The van der Waals surface area contributed by atoms with E-state index in [0.29, 0.717) is 23.9 Å². The first-order valence-corrected chi connectivity index (χ1v) is 9.44. The number of ether oxygens (including phenoxy) is 1. The Kier molecular flexibility index (Phi) is 4.82. The maximum Gasteiger partial charge on any atom is 0.321 e. The molecule has 2 heterocycles. The highest BCUT2D eigenvalue weighted by Gasteiger charge is 2.29. The Morgan fingerprint density at radius 3 is 2.96 bits per heavy atom. The van der Waals surface area contributed by atoms with Gasteiger partial charge in [0, 0.05) is 37.9 Å².